The van der Waals surface area contributed by atoms with E-state index >= 15 is 0 Å². The van der Waals surface area contributed by atoms with Crippen molar-refractivity contribution in [3.05, 3.63) is 70.0 Å². The van der Waals surface area contributed by atoms with Crippen LogP contribution in [-0.4, -0.2) is 17.6 Å². The maximum atomic E-state index is 12.7. The molecular formula is C19H15F3N2O3. The Bertz CT molecular complexity index is 1070. The van der Waals surface area contributed by atoms with Crippen LogP contribution in [0.3, 0.4) is 0 Å². The van der Waals surface area contributed by atoms with Gasteiger partial charge in [0.05, 0.1) is 23.6 Å². The number of rotatable bonds is 3. The molecule has 3 rings (SSSR count). The first-order valence-corrected chi connectivity index (χ1v) is 7.87. The zero-order valence-electron chi connectivity index (χ0n) is 14.4. The van der Waals surface area contributed by atoms with E-state index < -0.39 is 23.1 Å². The number of nitrogens with zero attached hydrogens (tertiary/aromatic N) is 1. The lowest BCUT2D eigenvalue weighted by Crippen LogP contribution is -2.23. The van der Waals surface area contributed by atoms with Gasteiger partial charge in [0.2, 0.25) is 5.43 Å². The number of pyridine rings is 1. The maximum Gasteiger partial charge on any atom is 0.416 e. The molecule has 0 aliphatic heterocycles. The number of carbonyl (C=O) groups excluding carboxylic acids is 1. The van der Waals surface area contributed by atoms with Gasteiger partial charge in [0.25, 0.3) is 5.91 Å². The van der Waals surface area contributed by atoms with Crippen molar-refractivity contribution in [1.29, 1.82) is 0 Å². The van der Waals surface area contributed by atoms with Crippen molar-refractivity contribution < 1.29 is 22.7 Å². The number of carbonyl (C=O) groups is 1. The van der Waals surface area contributed by atoms with Crippen LogP contribution in [0.25, 0.3) is 10.9 Å². The lowest BCUT2D eigenvalue weighted by atomic mass is 10.1. The van der Waals surface area contributed by atoms with Gasteiger partial charge in [-0.25, -0.2) is 0 Å². The highest BCUT2D eigenvalue weighted by Gasteiger charge is 2.30. The molecule has 1 amide bonds. The highest BCUT2D eigenvalue weighted by atomic mass is 19.4. The smallest absolute Gasteiger partial charge is 0.416 e. The van der Waals surface area contributed by atoms with E-state index in [1.807, 2.05) is 0 Å². The lowest BCUT2D eigenvalue weighted by Gasteiger charge is -2.13. The summed E-state index contributed by atoms with van der Waals surface area (Å²) in [6, 6.07) is 8.90. The molecule has 0 fully saturated rings. The second-order valence-corrected chi connectivity index (χ2v) is 5.87. The largest absolute Gasteiger partial charge is 0.495 e. The van der Waals surface area contributed by atoms with Crippen molar-refractivity contribution in [2.24, 2.45) is 7.05 Å². The average molecular weight is 376 g/mol. The normalized spacial score (nSPS) is 11.4. The molecule has 0 spiro atoms. The highest BCUT2D eigenvalue weighted by Crippen LogP contribution is 2.30. The molecule has 0 unspecified atom stereocenters. The number of amides is 1. The van der Waals surface area contributed by atoms with E-state index in [0.717, 1.165) is 24.3 Å². The number of alkyl halides is 3. The summed E-state index contributed by atoms with van der Waals surface area (Å²) in [5.41, 5.74) is -0.754. The van der Waals surface area contributed by atoms with Crippen LogP contribution in [0.2, 0.25) is 0 Å². The van der Waals surface area contributed by atoms with Crippen LogP contribution < -0.4 is 15.5 Å². The number of aromatic nitrogens is 1. The van der Waals surface area contributed by atoms with Gasteiger partial charge in [-0.1, -0.05) is 6.07 Å². The number of halogens is 3. The van der Waals surface area contributed by atoms with Crippen LogP contribution in [0.4, 0.5) is 18.9 Å². The predicted molar refractivity (Wildman–Crippen MR) is 95.1 cm³/mol. The lowest BCUT2D eigenvalue weighted by molar-refractivity contribution is -0.137. The minimum absolute atomic E-state index is 0.127. The van der Waals surface area contributed by atoms with Crippen LogP contribution in [0, 0.1) is 0 Å². The Morgan fingerprint density at radius 3 is 2.37 bits per heavy atom. The third-order valence-electron chi connectivity index (χ3n) is 4.10. The van der Waals surface area contributed by atoms with Gasteiger partial charge >= 0.3 is 6.18 Å². The van der Waals surface area contributed by atoms with E-state index in [0.29, 0.717) is 16.7 Å². The molecule has 0 saturated carbocycles. The number of anilines is 1. The Morgan fingerprint density at radius 1 is 1.11 bits per heavy atom. The van der Waals surface area contributed by atoms with Gasteiger partial charge in [0.1, 0.15) is 11.3 Å². The average Bonchev–Trinajstić information content (AvgIpc) is 2.63. The standard InChI is InChI=1S/C19H15F3N2O3/c1-24-10-14(17(25)13-4-3-5-15(27-2)16(13)24)18(26)23-12-8-6-11(7-9-12)19(20,21)22/h3-10H,1-2H3,(H,23,26). The number of aryl methyl sites for hydroxylation is 1. The van der Waals surface area contributed by atoms with E-state index in [4.69, 9.17) is 4.74 Å². The van der Waals surface area contributed by atoms with Gasteiger partial charge in [-0.15, -0.1) is 0 Å². The summed E-state index contributed by atoms with van der Waals surface area (Å²) in [6.45, 7) is 0. The molecule has 3 aromatic rings. The van der Waals surface area contributed by atoms with E-state index in [1.165, 1.54) is 13.3 Å². The molecule has 0 aliphatic carbocycles. The summed E-state index contributed by atoms with van der Waals surface area (Å²) >= 11 is 0. The molecule has 0 aliphatic rings. The molecule has 2 aromatic carbocycles. The Balaban J connectivity index is 1.97. The summed E-state index contributed by atoms with van der Waals surface area (Å²) in [5.74, 6) is -0.220. The van der Waals surface area contributed by atoms with Gasteiger partial charge in [0.15, 0.2) is 0 Å². The molecule has 8 heteroatoms. The minimum atomic E-state index is -4.46. The summed E-state index contributed by atoms with van der Waals surface area (Å²) < 4.78 is 44.7. The molecule has 1 heterocycles. The SMILES string of the molecule is COc1cccc2c(=O)c(C(=O)Nc3ccc(C(F)(F)F)cc3)cn(C)c12. The molecule has 5 nitrogen and oxygen atoms in total. The summed E-state index contributed by atoms with van der Waals surface area (Å²) in [6.07, 6.45) is -3.09. The highest BCUT2D eigenvalue weighted by molar-refractivity contribution is 6.06. The first kappa shape index (κ1) is 18.5. The molecule has 27 heavy (non-hydrogen) atoms. The van der Waals surface area contributed by atoms with E-state index in [-0.39, 0.29) is 11.3 Å². The number of hydrogen-bond donors (Lipinski definition) is 1. The van der Waals surface area contributed by atoms with Crippen LogP contribution in [0.1, 0.15) is 15.9 Å². The van der Waals surface area contributed by atoms with Crippen LogP contribution >= 0.6 is 0 Å². The molecule has 0 saturated heterocycles. The maximum absolute atomic E-state index is 12.7. The third kappa shape index (κ3) is 3.51. The van der Waals surface area contributed by atoms with Crippen molar-refractivity contribution in [3.8, 4) is 5.75 Å². The van der Waals surface area contributed by atoms with E-state index in [9.17, 15) is 22.8 Å². The van der Waals surface area contributed by atoms with Crippen molar-refractivity contribution in [2.75, 3.05) is 12.4 Å². The van der Waals surface area contributed by atoms with Crippen molar-refractivity contribution >= 4 is 22.5 Å². The Morgan fingerprint density at radius 2 is 1.78 bits per heavy atom. The number of fused-ring (bicyclic) bond motifs is 1. The van der Waals surface area contributed by atoms with Crippen LogP contribution in [0.5, 0.6) is 5.75 Å². The molecule has 140 valence electrons. The zero-order chi connectivity index (χ0) is 19.8. The van der Waals surface area contributed by atoms with Gasteiger partial charge in [-0.2, -0.15) is 13.2 Å². The van der Waals surface area contributed by atoms with Crippen molar-refractivity contribution in [1.82, 2.24) is 4.57 Å². The Labute approximate surface area is 152 Å². The molecule has 1 N–H and O–H groups in total. The van der Waals surface area contributed by atoms with Gasteiger partial charge in [-0.05, 0) is 36.4 Å². The Hall–Kier alpha value is -3.29. The summed E-state index contributed by atoms with van der Waals surface area (Å²) in [4.78, 5) is 25.2. The van der Waals surface area contributed by atoms with Crippen molar-refractivity contribution in [3.63, 3.8) is 0 Å². The topological polar surface area (TPSA) is 60.3 Å². The van der Waals surface area contributed by atoms with Crippen molar-refractivity contribution in [2.45, 2.75) is 6.18 Å². The second-order valence-electron chi connectivity index (χ2n) is 5.87. The third-order valence-corrected chi connectivity index (χ3v) is 4.10. The minimum Gasteiger partial charge on any atom is -0.495 e. The number of ether oxygens (including phenoxy) is 1. The molecular weight excluding hydrogens is 361 g/mol. The fraction of sp³-hybridized carbons (Fsp3) is 0.158. The number of methoxy groups -OCH3 is 1. The van der Waals surface area contributed by atoms with E-state index in [2.05, 4.69) is 5.32 Å². The number of hydrogen-bond acceptors (Lipinski definition) is 3. The first-order valence-electron chi connectivity index (χ1n) is 7.87. The van der Waals surface area contributed by atoms with E-state index in [1.54, 1.807) is 29.8 Å². The number of nitrogens with one attached hydrogen (secondary N) is 1. The second kappa shape index (κ2) is 6.79. The quantitative estimate of drug-likeness (QED) is 0.756. The molecule has 0 radical (unpaired) electrons. The summed E-state index contributed by atoms with van der Waals surface area (Å²) in [7, 11) is 3.14. The number of para-hydroxylation sites is 1. The molecule has 0 bridgehead atoms. The fourth-order valence-electron chi connectivity index (χ4n) is 2.80. The van der Waals surface area contributed by atoms with Crippen LogP contribution in [-0.2, 0) is 13.2 Å². The van der Waals surface area contributed by atoms with Gasteiger partial charge in [-0.3, -0.25) is 9.59 Å². The van der Waals surface area contributed by atoms with Gasteiger partial charge in [0, 0.05) is 18.9 Å². The molecule has 0 atom stereocenters. The fourth-order valence-corrected chi connectivity index (χ4v) is 2.80. The van der Waals surface area contributed by atoms with Gasteiger partial charge < -0.3 is 14.6 Å². The zero-order valence-corrected chi connectivity index (χ0v) is 14.4. The predicted octanol–water partition coefficient (Wildman–Crippen LogP) is 3.82. The summed E-state index contributed by atoms with van der Waals surface area (Å²) in [5, 5.41) is 2.75. The monoisotopic (exact) mass is 376 g/mol. The molecule has 1 aromatic heterocycles. The van der Waals surface area contributed by atoms with Crippen LogP contribution in [0.15, 0.2) is 53.5 Å². The first-order chi connectivity index (χ1) is 12.7. The number of benzene rings is 2. The Kier molecular flexibility index (Phi) is 4.65.